The van der Waals surface area contributed by atoms with Gasteiger partial charge in [-0.2, -0.15) is 0 Å². The Balaban J connectivity index is 1.64. The second-order valence-corrected chi connectivity index (χ2v) is 7.37. The molecule has 1 N–H and O–H groups in total. The Bertz CT molecular complexity index is 1400. The first-order valence-electron chi connectivity index (χ1n) is 9.95. The maximum absolute atomic E-state index is 13.4. The molecule has 0 aliphatic rings. The first kappa shape index (κ1) is 18.1. The molecule has 1 amide bonds. The average Bonchev–Trinajstić information content (AvgIpc) is 2.79. The van der Waals surface area contributed by atoms with Crippen LogP contribution < -0.4 is 5.32 Å². The van der Waals surface area contributed by atoms with Crippen LogP contribution in [0.3, 0.4) is 0 Å². The van der Waals surface area contributed by atoms with Crippen molar-refractivity contribution < 1.29 is 4.79 Å². The Morgan fingerprint density at radius 2 is 1.47 bits per heavy atom. The summed E-state index contributed by atoms with van der Waals surface area (Å²) < 4.78 is 0. The number of fused-ring (bicyclic) bond motifs is 2. The summed E-state index contributed by atoms with van der Waals surface area (Å²) in [5.41, 5.74) is 5.18. The number of para-hydroxylation sites is 1. The fraction of sp³-hybridized carbons (Fsp3) is 0.0370. The van der Waals surface area contributed by atoms with Gasteiger partial charge < -0.3 is 5.32 Å². The zero-order valence-electron chi connectivity index (χ0n) is 16.6. The van der Waals surface area contributed by atoms with E-state index in [1.165, 1.54) is 0 Å². The van der Waals surface area contributed by atoms with Gasteiger partial charge in [-0.1, -0.05) is 78.9 Å². The van der Waals surface area contributed by atoms with E-state index in [1.807, 2.05) is 91.0 Å². The molecule has 0 unspecified atom stereocenters. The van der Waals surface area contributed by atoms with Gasteiger partial charge in [0.25, 0.3) is 5.91 Å². The lowest BCUT2D eigenvalue weighted by Gasteiger charge is -2.13. The zero-order chi connectivity index (χ0) is 20.5. The van der Waals surface area contributed by atoms with Crippen molar-refractivity contribution in [2.75, 3.05) is 5.32 Å². The van der Waals surface area contributed by atoms with Gasteiger partial charge in [0.15, 0.2) is 0 Å². The number of benzene rings is 4. The van der Waals surface area contributed by atoms with Crippen molar-refractivity contribution in [1.29, 1.82) is 0 Å². The monoisotopic (exact) mass is 388 g/mol. The van der Waals surface area contributed by atoms with Gasteiger partial charge in [0.05, 0.1) is 16.8 Å². The molecule has 0 bridgehead atoms. The molecule has 30 heavy (non-hydrogen) atoms. The Kier molecular flexibility index (Phi) is 4.49. The minimum Gasteiger partial charge on any atom is -0.321 e. The SMILES string of the molecule is Cc1ccccc1-c1cc(C(=O)Nc2cccc3ccccc23)c2ccccc2n1. The molecule has 0 radical (unpaired) electrons. The molecule has 5 aromatic rings. The van der Waals surface area contributed by atoms with E-state index in [2.05, 4.69) is 18.3 Å². The zero-order valence-corrected chi connectivity index (χ0v) is 16.6. The van der Waals surface area contributed by atoms with E-state index >= 15 is 0 Å². The number of aromatic nitrogens is 1. The van der Waals surface area contributed by atoms with Gasteiger partial charge in [0.1, 0.15) is 0 Å². The number of hydrogen-bond acceptors (Lipinski definition) is 2. The van der Waals surface area contributed by atoms with E-state index in [-0.39, 0.29) is 5.91 Å². The fourth-order valence-corrected chi connectivity index (χ4v) is 3.89. The van der Waals surface area contributed by atoms with Crippen LogP contribution in [-0.2, 0) is 0 Å². The third kappa shape index (κ3) is 3.20. The molecule has 0 saturated carbocycles. The normalized spacial score (nSPS) is 11.0. The molecule has 5 rings (SSSR count). The molecule has 1 heterocycles. The molecular weight excluding hydrogens is 368 g/mol. The van der Waals surface area contributed by atoms with E-state index in [0.29, 0.717) is 5.56 Å². The van der Waals surface area contributed by atoms with E-state index in [9.17, 15) is 4.79 Å². The number of carbonyl (C=O) groups is 1. The quantitative estimate of drug-likeness (QED) is 0.377. The molecule has 3 nitrogen and oxygen atoms in total. The summed E-state index contributed by atoms with van der Waals surface area (Å²) in [5.74, 6) is -0.139. The third-order valence-electron chi connectivity index (χ3n) is 5.42. The summed E-state index contributed by atoms with van der Waals surface area (Å²) in [5, 5.41) is 6.07. The predicted molar refractivity (Wildman–Crippen MR) is 124 cm³/mol. The minimum absolute atomic E-state index is 0.139. The molecule has 0 atom stereocenters. The molecule has 3 heteroatoms. The highest BCUT2D eigenvalue weighted by Crippen LogP contribution is 2.29. The van der Waals surface area contributed by atoms with Gasteiger partial charge in [-0.25, -0.2) is 4.98 Å². The summed E-state index contributed by atoms with van der Waals surface area (Å²) in [6.45, 7) is 2.06. The first-order valence-corrected chi connectivity index (χ1v) is 9.95. The Labute approximate surface area is 175 Å². The molecule has 0 spiro atoms. The number of nitrogens with one attached hydrogen (secondary N) is 1. The second kappa shape index (κ2) is 7.45. The van der Waals surface area contributed by atoms with Crippen LogP contribution >= 0.6 is 0 Å². The molecule has 144 valence electrons. The lowest BCUT2D eigenvalue weighted by Crippen LogP contribution is -2.13. The summed E-state index contributed by atoms with van der Waals surface area (Å²) in [4.78, 5) is 18.2. The first-order chi connectivity index (χ1) is 14.7. The summed E-state index contributed by atoms with van der Waals surface area (Å²) >= 11 is 0. The number of anilines is 1. The van der Waals surface area contributed by atoms with Crippen LogP contribution in [0.5, 0.6) is 0 Å². The standard InChI is InChI=1S/C27H20N2O/c1-18-9-2-4-12-20(18)26-17-23(22-14-6-7-15-25(22)28-26)27(30)29-24-16-8-11-19-10-3-5-13-21(19)24/h2-17H,1H3,(H,29,30). The lowest BCUT2D eigenvalue weighted by atomic mass is 10.0. The fourth-order valence-electron chi connectivity index (χ4n) is 3.89. The van der Waals surface area contributed by atoms with Crippen LogP contribution in [0, 0.1) is 6.92 Å². The van der Waals surface area contributed by atoms with Gasteiger partial charge in [-0.15, -0.1) is 0 Å². The smallest absolute Gasteiger partial charge is 0.256 e. The molecule has 0 aliphatic heterocycles. The van der Waals surface area contributed by atoms with Crippen molar-refractivity contribution >= 4 is 33.3 Å². The van der Waals surface area contributed by atoms with Gasteiger partial charge in [-0.05, 0) is 36.1 Å². The highest BCUT2D eigenvalue weighted by Gasteiger charge is 2.15. The maximum atomic E-state index is 13.4. The van der Waals surface area contributed by atoms with Crippen LogP contribution in [0.25, 0.3) is 32.9 Å². The van der Waals surface area contributed by atoms with Crippen LogP contribution in [0.15, 0.2) is 97.1 Å². The second-order valence-electron chi connectivity index (χ2n) is 7.37. The highest BCUT2D eigenvalue weighted by atomic mass is 16.1. The number of amides is 1. The maximum Gasteiger partial charge on any atom is 0.256 e. The molecule has 1 aromatic heterocycles. The number of pyridine rings is 1. The van der Waals surface area contributed by atoms with Gasteiger partial charge in [0, 0.05) is 22.0 Å². The van der Waals surface area contributed by atoms with Gasteiger partial charge >= 0.3 is 0 Å². The Hall–Kier alpha value is -3.98. The number of carbonyl (C=O) groups excluding carboxylic acids is 1. The van der Waals surface area contributed by atoms with Crippen molar-refractivity contribution in [1.82, 2.24) is 4.98 Å². The number of hydrogen-bond donors (Lipinski definition) is 1. The molecule has 0 saturated heterocycles. The average molecular weight is 388 g/mol. The van der Waals surface area contributed by atoms with E-state index < -0.39 is 0 Å². The van der Waals surface area contributed by atoms with Crippen molar-refractivity contribution in [2.45, 2.75) is 6.92 Å². The number of nitrogens with zero attached hydrogens (tertiary/aromatic N) is 1. The van der Waals surface area contributed by atoms with Gasteiger partial charge in [-0.3, -0.25) is 4.79 Å². The van der Waals surface area contributed by atoms with Crippen molar-refractivity contribution in [3.63, 3.8) is 0 Å². The summed E-state index contributed by atoms with van der Waals surface area (Å²) in [6.07, 6.45) is 0. The number of rotatable bonds is 3. The highest BCUT2D eigenvalue weighted by molar-refractivity contribution is 6.15. The van der Waals surface area contributed by atoms with Gasteiger partial charge in [0.2, 0.25) is 0 Å². The minimum atomic E-state index is -0.139. The predicted octanol–water partition coefficient (Wildman–Crippen LogP) is 6.62. The van der Waals surface area contributed by atoms with Crippen molar-refractivity contribution in [2.24, 2.45) is 0 Å². The molecule has 0 aliphatic carbocycles. The van der Waals surface area contributed by atoms with E-state index in [4.69, 9.17) is 4.98 Å². The third-order valence-corrected chi connectivity index (χ3v) is 5.42. The largest absolute Gasteiger partial charge is 0.321 e. The lowest BCUT2D eigenvalue weighted by molar-refractivity contribution is 0.102. The molecule has 4 aromatic carbocycles. The Morgan fingerprint density at radius 1 is 0.767 bits per heavy atom. The van der Waals surface area contributed by atoms with Crippen LogP contribution in [0.4, 0.5) is 5.69 Å². The topological polar surface area (TPSA) is 42.0 Å². The van der Waals surface area contributed by atoms with Crippen molar-refractivity contribution in [3.8, 4) is 11.3 Å². The molecular formula is C27H20N2O. The van der Waals surface area contributed by atoms with Crippen LogP contribution in [-0.4, -0.2) is 10.9 Å². The van der Waals surface area contributed by atoms with E-state index in [1.54, 1.807) is 0 Å². The summed E-state index contributed by atoms with van der Waals surface area (Å²) in [7, 11) is 0. The Morgan fingerprint density at radius 3 is 2.33 bits per heavy atom. The summed E-state index contributed by atoms with van der Waals surface area (Å²) in [6, 6.07) is 31.8. The van der Waals surface area contributed by atoms with Crippen molar-refractivity contribution in [3.05, 3.63) is 108 Å². The van der Waals surface area contributed by atoms with Crippen LogP contribution in [0.2, 0.25) is 0 Å². The molecule has 0 fully saturated rings. The number of aryl methyl sites for hydroxylation is 1. The van der Waals surface area contributed by atoms with Crippen LogP contribution in [0.1, 0.15) is 15.9 Å². The van der Waals surface area contributed by atoms with E-state index in [0.717, 1.165) is 44.2 Å².